The highest BCUT2D eigenvalue weighted by Crippen LogP contribution is 2.17. The van der Waals surface area contributed by atoms with E-state index < -0.39 is 0 Å². The monoisotopic (exact) mass is 335 g/mol. The number of hydrogen-bond donors (Lipinski definition) is 0. The van der Waals surface area contributed by atoms with E-state index in [1.165, 1.54) is 12.1 Å². The van der Waals surface area contributed by atoms with Gasteiger partial charge in [-0.2, -0.15) is 0 Å². The quantitative estimate of drug-likeness (QED) is 0.748. The predicted molar refractivity (Wildman–Crippen MR) is 92.4 cm³/mol. The van der Waals surface area contributed by atoms with Crippen LogP contribution in [-0.4, -0.2) is 61.4 Å². The Kier molecular flexibility index (Phi) is 6.58. The minimum absolute atomic E-state index is 0.0588. The van der Waals surface area contributed by atoms with E-state index in [9.17, 15) is 14.0 Å². The van der Waals surface area contributed by atoms with Gasteiger partial charge in [-0.1, -0.05) is 13.3 Å². The molecule has 0 aliphatic carbocycles. The van der Waals surface area contributed by atoms with Crippen molar-refractivity contribution in [1.82, 2.24) is 9.80 Å². The van der Waals surface area contributed by atoms with Crippen LogP contribution in [0.4, 0.5) is 10.1 Å². The van der Waals surface area contributed by atoms with Crippen molar-refractivity contribution in [2.75, 3.05) is 44.7 Å². The second-order valence-corrected chi connectivity index (χ2v) is 6.19. The van der Waals surface area contributed by atoms with Crippen LogP contribution in [0.1, 0.15) is 26.2 Å². The van der Waals surface area contributed by atoms with Crippen LogP contribution in [0.25, 0.3) is 0 Å². The van der Waals surface area contributed by atoms with Crippen LogP contribution in [0.15, 0.2) is 24.3 Å². The molecule has 24 heavy (non-hydrogen) atoms. The number of hydrogen-bond acceptors (Lipinski definition) is 3. The summed E-state index contributed by atoms with van der Waals surface area (Å²) in [4.78, 5) is 29.8. The number of nitrogens with zero attached hydrogens (tertiary/aromatic N) is 3. The highest BCUT2D eigenvalue weighted by molar-refractivity contribution is 5.96. The number of halogens is 1. The van der Waals surface area contributed by atoms with Gasteiger partial charge in [-0.05, 0) is 30.7 Å². The Morgan fingerprint density at radius 3 is 2.33 bits per heavy atom. The van der Waals surface area contributed by atoms with Crippen LogP contribution in [0, 0.1) is 5.82 Å². The Hall–Kier alpha value is -2.11. The molecule has 1 aliphatic rings. The maximum atomic E-state index is 13.0. The molecule has 1 aromatic rings. The summed E-state index contributed by atoms with van der Waals surface area (Å²) in [5, 5.41) is 0. The normalized spacial score (nSPS) is 14.6. The van der Waals surface area contributed by atoms with Gasteiger partial charge in [-0.25, -0.2) is 4.39 Å². The Bertz CT molecular complexity index is 554. The van der Waals surface area contributed by atoms with Gasteiger partial charge in [0.1, 0.15) is 12.2 Å². The summed E-state index contributed by atoms with van der Waals surface area (Å²) in [7, 11) is 1.75. The molecule has 1 aliphatic heterocycles. The average molecular weight is 335 g/mol. The molecule has 6 heteroatoms. The van der Waals surface area contributed by atoms with E-state index in [0.717, 1.165) is 18.5 Å². The molecule has 1 aromatic carbocycles. The zero-order valence-corrected chi connectivity index (χ0v) is 14.5. The van der Waals surface area contributed by atoms with Crippen molar-refractivity contribution >= 4 is 17.5 Å². The van der Waals surface area contributed by atoms with Crippen LogP contribution >= 0.6 is 0 Å². The van der Waals surface area contributed by atoms with Gasteiger partial charge in [0.2, 0.25) is 11.8 Å². The number of benzene rings is 1. The summed E-state index contributed by atoms with van der Waals surface area (Å²) in [6.45, 7) is 5.32. The fourth-order valence-electron chi connectivity index (χ4n) is 2.76. The summed E-state index contributed by atoms with van der Waals surface area (Å²) >= 11 is 0. The van der Waals surface area contributed by atoms with E-state index in [0.29, 0.717) is 32.7 Å². The highest BCUT2D eigenvalue weighted by Gasteiger charge is 2.24. The number of piperazine rings is 1. The molecule has 1 heterocycles. The standard InChI is InChI=1S/C18H26FN3O2/c1-3-4-9-20(2)17(23)14-18(24)22-12-10-21(11-13-22)16-7-5-15(19)6-8-16/h5-8H,3-4,9-14H2,1-2H3. The van der Waals surface area contributed by atoms with Gasteiger partial charge >= 0.3 is 0 Å². The molecule has 2 rings (SSSR count). The first-order valence-electron chi connectivity index (χ1n) is 8.53. The highest BCUT2D eigenvalue weighted by atomic mass is 19.1. The minimum atomic E-state index is -0.252. The molecule has 0 saturated carbocycles. The van der Waals surface area contributed by atoms with Gasteiger partial charge < -0.3 is 14.7 Å². The zero-order chi connectivity index (χ0) is 17.5. The molecular formula is C18H26FN3O2. The van der Waals surface area contributed by atoms with Crippen molar-refractivity contribution in [3.63, 3.8) is 0 Å². The summed E-state index contributed by atoms with van der Waals surface area (Å²) < 4.78 is 13.0. The summed E-state index contributed by atoms with van der Waals surface area (Å²) in [6, 6.07) is 6.38. The maximum Gasteiger partial charge on any atom is 0.232 e. The third-order valence-corrected chi connectivity index (χ3v) is 4.40. The Morgan fingerprint density at radius 2 is 1.75 bits per heavy atom. The topological polar surface area (TPSA) is 43.9 Å². The summed E-state index contributed by atoms with van der Waals surface area (Å²) in [5.74, 6) is -0.477. The molecule has 5 nitrogen and oxygen atoms in total. The van der Waals surface area contributed by atoms with Crippen molar-refractivity contribution in [1.29, 1.82) is 0 Å². The minimum Gasteiger partial charge on any atom is -0.368 e. The zero-order valence-electron chi connectivity index (χ0n) is 14.5. The van der Waals surface area contributed by atoms with Crippen molar-refractivity contribution in [2.45, 2.75) is 26.2 Å². The van der Waals surface area contributed by atoms with Crippen LogP contribution in [0.2, 0.25) is 0 Å². The maximum absolute atomic E-state index is 13.0. The number of anilines is 1. The van der Waals surface area contributed by atoms with Crippen molar-refractivity contribution in [2.24, 2.45) is 0 Å². The largest absolute Gasteiger partial charge is 0.368 e. The lowest BCUT2D eigenvalue weighted by Crippen LogP contribution is -2.49. The van der Waals surface area contributed by atoms with Gasteiger partial charge in [0.25, 0.3) is 0 Å². The molecular weight excluding hydrogens is 309 g/mol. The van der Waals surface area contributed by atoms with E-state index in [4.69, 9.17) is 0 Å². The van der Waals surface area contributed by atoms with Crippen molar-refractivity contribution < 1.29 is 14.0 Å². The first kappa shape index (κ1) is 18.2. The van der Waals surface area contributed by atoms with Gasteiger partial charge in [0.15, 0.2) is 0 Å². The molecule has 0 aromatic heterocycles. The fraction of sp³-hybridized carbons (Fsp3) is 0.556. The number of unbranched alkanes of at least 4 members (excludes halogenated alkanes) is 1. The van der Waals surface area contributed by atoms with Crippen LogP contribution in [0.3, 0.4) is 0 Å². The van der Waals surface area contributed by atoms with Gasteiger partial charge in [-0.3, -0.25) is 9.59 Å². The van der Waals surface area contributed by atoms with Gasteiger partial charge in [0.05, 0.1) is 0 Å². The second kappa shape index (κ2) is 8.66. The van der Waals surface area contributed by atoms with E-state index in [-0.39, 0.29) is 24.1 Å². The molecule has 1 fully saturated rings. The fourth-order valence-corrected chi connectivity index (χ4v) is 2.76. The number of amides is 2. The third kappa shape index (κ3) is 4.94. The molecule has 0 atom stereocenters. The lowest BCUT2D eigenvalue weighted by molar-refractivity contribution is -0.140. The third-order valence-electron chi connectivity index (χ3n) is 4.40. The van der Waals surface area contributed by atoms with Crippen LogP contribution < -0.4 is 4.90 Å². The number of rotatable bonds is 6. The molecule has 0 radical (unpaired) electrons. The van der Waals surface area contributed by atoms with Gasteiger partial charge in [-0.15, -0.1) is 0 Å². The Labute approximate surface area is 143 Å². The SMILES string of the molecule is CCCCN(C)C(=O)CC(=O)N1CCN(c2ccc(F)cc2)CC1. The van der Waals surface area contributed by atoms with Crippen LogP contribution in [-0.2, 0) is 9.59 Å². The lowest BCUT2D eigenvalue weighted by Gasteiger charge is -2.36. The predicted octanol–water partition coefficient (Wildman–Crippen LogP) is 2.12. The Morgan fingerprint density at radius 1 is 1.12 bits per heavy atom. The number of carbonyl (C=O) groups is 2. The molecule has 2 amide bonds. The van der Waals surface area contributed by atoms with E-state index in [1.54, 1.807) is 29.0 Å². The molecule has 132 valence electrons. The van der Waals surface area contributed by atoms with Crippen LogP contribution in [0.5, 0.6) is 0 Å². The summed E-state index contributed by atoms with van der Waals surface area (Å²) in [6.07, 6.45) is 1.92. The van der Waals surface area contributed by atoms with E-state index >= 15 is 0 Å². The molecule has 1 saturated heterocycles. The van der Waals surface area contributed by atoms with Crippen molar-refractivity contribution in [3.8, 4) is 0 Å². The van der Waals surface area contributed by atoms with Crippen molar-refractivity contribution in [3.05, 3.63) is 30.1 Å². The molecule has 0 N–H and O–H groups in total. The molecule has 0 unspecified atom stereocenters. The Balaban J connectivity index is 1.80. The lowest BCUT2D eigenvalue weighted by atomic mass is 10.2. The van der Waals surface area contributed by atoms with E-state index in [1.807, 2.05) is 0 Å². The first-order chi connectivity index (χ1) is 11.5. The summed E-state index contributed by atoms with van der Waals surface area (Å²) in [5.41, 5.74) is 0.957. The smallest absolute Gasteiger partial charge is 0.232 e. The second-order valence-electron chi connectivity index (χ2n) is 6.19. The molecule has 0 bridgehead atoms. The molecule has 0 spiro atoms. The van der Waals surface area contributed by atoms with E-state index in [2.05, 4.69) is 11.8 Å². The number of carbonyl (C=O) groups excluding carboxylic acids is 2. The van der Waals surface area contributed by atoms with Gasteiger partial charge in [0, 0.05) is 45.5 Å². The average Bonchev–Trinajstić information content (AvgIpc) is 2.60. The first-order valence-corrected chi connectivity index (χ1v) is 8.53.